The Hall–Kier alpha value is -3.99. The topological polar surface area (TPSA) is 111 Å². The van der Waals surface area contributed by atoms with E-state index in [0.29, 0.717) is 31.0 Å². The van der Waals surface area contributed by atoms with Crippen molar-refractivity contribution in [3.8, 4) is 11.5 Å². The summed E-state index contributed by atoms with van der Waals surface area (Å²) in [5.74, 6) is -3.30. The average Bonchev–Trinajstić information content (AvgIpc) is 3.62. The molecule has 0 bridgehead atoms. The largest absolute Gasteiger partial charge is 0.446 e. The smallest absolute Gasteiger partial charge is 0.254 e. The molecule has 2 aromatic heterocycles. The van der Waals surface area contributed by atoms with Crippen molar-refractivity contribution in [2.24, 2.45) is 5.73 Å². The molecule has 5 rings (SSSR count). The second-order valence-corrected chi connectivity index (χ2v) is 9.44. The summed E-state index contributed by atoms with van der Waals surface area (Å²) in [5.41, 5.74) is 6.16. The van der Waals surface area contributed by atoms with Crippen molar-refractivity contribution in [2.75, 3.05) is 6.54 Å². The molecule has 0 radical (unpaired) electrons. The van der Waals surface area contributed by atoms with E-state index >= 15 is 0 Å². The second-order valence-electron chi connectivity index (χ2n) is 9.44. The van der Waals surface area contributed by atoms with Gasteiger partial charge in [-0.15, -0.1) is 10.2 Å². The molecule has 0 saturated carbocycles. The normalized spacial score (nSPS) is 17.2. The lowest BCUT2D eigenvalue weighted by Crippen LogP contribution is -2.35. The van der Waals surface area contributed by atoms with E-state index in [9.17, 15) is 18.0 Å². The number of benzene rings is 2. The highest BCUT2D eigenvalue weighted by atomic mass is 19.2. The van der Waals surface area contributed by atoms with E-state index in [2.05, 4.69) is 15.2 Å². The fourth-order valence-corrected chi connectivity index (χ4v) is 4.49. The molecule has 2 N–H and O–H groups in total. The molecule has 2 atom stereocenters. The Kier molecular flexibility index (Phi) is 6.32. The van der Waals surface area contributed by atoms with Gasteiger partial charge in [0.1, 0.15) is 18.1 Å². The number of hydrogen-bond donors (Lipinski definition) is 1. The van der Waals surface area contributed by atoms with Crippen molar-refractivity contribution in [2.45, 2.75) is 44.7 Å². The quantitative estimate of drug-likeness (QED) is 0.394. The van der Waals surface area contributed by atoms with E-state index in [1.165, 1.54) is 29.4 Å². The molecular formula is C26H24F3N5O3. The summed E-state index contributed by atoms with van der Waals surface area (Å²) in [6, 6.07) is 7.38. The van der Waals surface area contributed by atoms with Gasteiger partial charge in [0.15, 0.2) is 11.6 Å². The fourth-order valence-electron chi connectivity index (χ4n) is 4.49. The Labute approximate surface area is 210 Å². The predicted octanol–water partition coefficient (Wildman–Crippen LogP) is 4.84. The molecule has 8 nitrogen and oxygen atoms in total. The number of carbonyl (C=O) groups is 1. The molecular weight excluding hydrogens is 487 g/mol. The molecule has 1 fully saturated rings. The lowest BCUT2D eigenvalue weighted by molar-refractivity contribution is 0.0715. The molecule has 37 heavy (non-hydrogen) atoms. The van der Waals surface area contributed by atoms with Crippen molar-refractivity contribution >= 4 is 5.91 Å². The Bertz CT molecular complexity index is 1450. The first-order valence-corrected chi connectivity index (χ1v) is 11.7. The first-order chi connectivity index (χ1) is 17.6. The fraction of sp³-hybridized carbons (Fsp3) is 0.308. The molecule has 3 heterocycles. The summed E-state index contributed by atoms with van der Waals surface area (Å²) >= 11 is 0. The third kappa shape index (κ3) is 4.86. The monoisotopic (exact) mass is 511 g/mol. The summed E-state index contributed by atoms with van der Waals surface area (Å²) in [6.45, 7) is 3.82. The number of aryl methyl sites for hydroxylation is 1. The second kappa shape index (κ2) is 9.47. The van der Waals surface area contributed by atoms with Crippen LogP contribution in [0.1, 0.15) is 59.2 Å². The van der Waals surface area contributed by atoms with Crippen LogP contribution >= 0.6 is 0 Å². The van der Waals surface area contributed by atoms with E-state index in [-0.39, 0.29) is 35.1 Å². The zero-order valence-electron chi connectivity index (χ0n) is 20.2. The number of oxazole rings is 1. The van der Waals surface area contributed by atoms with Crippen LogP contribution < -0.4 is 5.73 Å². The molecule has 1 saturated heterocycles. The van der Waals surface area contributed by atoms with Crippen molar-refractivity contribution in [1.29, 1.82) is 0 Å². The van der Waals surface area contributed by atoms with Gasteiger partial charge in [0, 0.05) is 12.1 Å². The van der Waals surface area contributed by atoms with Crippen LogP contribution in [0.5, 0.6) is 0 Å². The van der Waals surface area contributed by atoms with Gasteiger partial charge in [0.2, 0.25) is 11.8 Å². The molecule has 0 aliphatic carbocycles. The molecule has 0 spiro atoms. The third-order valence-electron chi connectivity index (χ3n) is 6.34. The minimum atomic E-state index is -1.23. The van der Waals surface area contributed by atoms with E-state index in [1.807, 2.05) is 0 Å². The highest BCUT2D eigenvalue weighted by molar-refractivity contribution is 5.95. The number of likely N-dealkylation sites (tertiary alicyclic amines) is 1. The van der Waals surface area contributed by atoms with Crippen LogP contribution in [0.25, 0.3) is 11.5 Å². The van der Waals surface area contributed by atoms with Gasteiger partial charge in [-0.3, -0.25) is 4.79 Å². The molecule has 4 aromatic rings. The summed E-state index contributed by atoms with van der Waals surface area (Å²) < 4.78 is 53.8. The molecule has 1 aliphatic heterocycles. The zero-order chi connectivity index (χ0) is 26.3. The highest BCUT2D eigenvalue weighted by Crippen LogP contribution is 2.34. The van der Waals surface area contributed by atoms with Gasteiger partial charge in [-0.1, -0.05) is 12.1 Å². The minimum absolute atomic E-state index is 0.0257. The Morgan fingerprint density at radius 1 is 1.19 bits per heavy atom. The number of halogens is 3. The van der Waals surface area contributed by atoms with Crippen LogP contribution in [0.4, 0.5) is 13.2 Å². The Morgan fingerprint density at radius 2 is 1.95 bits per heavy atom. The molecule has 11 heteroatoms. The number of rotatable bonds is 6. The van der Waals surface area contributed by atoms with Gasteiger partial charge in [-0.25, -0.2) is 18.2 Å². The van der Waals surface area contributed by atoms with E-state index in [4.69, 9.17) is 14.6 Å². The van der Waals surface area contributed by atoms with Crippen molar-refractivity contribution < 1.29 is 26.8 Å². The maximum absolute atomic E-state index is 14.8. The van der Waals surface area contributed by atoms with Crippen LogP contribution in [0.15, 0.2) is 51.5 Å². The van der Waals surface area contributed by atoms with Crippen LogP contribution in [0, 0.1) is 24.4 Å². The first kappa shape index (κ1) is 24.7. The Morgan fingerprint density at radius 3 is 2.65 bits per heavy atom. The molecule has 192 valence electrons. The summed E-state index contributed by atoms with van der Waals surface area (Å²) in [5, 5.41) is 7.79. The highest BCUT2D eigenvalue weighted by Gasteiger charge is 2.35. The van der Waals surface area contributed by atoms with Gasteiger partial charge in [0.05, 0.1) is 16.8 Å². The molecule has 2 aromatic carbocycles. The van der Waals surface area contributed by atoms with Crippen LogP contribution in [-0.4, -0.2) is 32.5 Å². The van der Waals surface area contributed by atoms with Gasteiger partial charge in [-0.2, -0.15) is 0 Å². The van der Waals surface area contributed by atoms with Crippen LogP contribution in [-0.2, 0) is 12.0 Å². The number of aromatic nitrogens is 3. The van der Waals surface area contributed by atoms with Crippen molar-refractivity contribution in [1.82, 2.24) is 20.1 Å². The number of nitrogens with two attached hydrogens (primary N) is 1. The van der Waals surface area contributed by atoms with Crippen molar-refractivity contribution in [3.05, 3.63) is 88.7 Å². The molecule has 0 unspecified atom stereocenters. The zero-order valence-corrected chi connectivity index (χ0v) is 20.2. The van der Waals surface area contributed by atoms with Crippen LogP contribution in [0.3, 0.4) is 0 Å². The number of hydrogen-bond acceptors (Lipinski definition) is 7. The Balaban J connectivity index is 1.43. The lowest BCUT2D eigenvalue weighted by Gasteiger charge is -2.22. The van der Waals surface area contributed by atoms with Gasteiger partial charge >= 0.3 is 0 Å². The number of nitrogens with zero attached hydrogens (tertiary/aromatic N) is 4. The summed E-state index contributed by atoms with van der Waals surface area (Å²) in [6.07, 6.45) is 3.07. The third-order valence-corrected chi connectivity index (χ3v) is 6.34. The minimum Gasteiger partial charge on any atom is -0.446 e. The SMILES string of the molecule is Cc1coc([C@@H]2CCCN2C(=O)c2cc(F)c(F)c(-c3nnc([C@@](C)(N)Cc4ccc(F)cc4)o3)c2)n1. The standard InChI is InChI=1S/C26H24F3N5O3/c1-14-13-36-23(31-14)20-4-3-9-34(20)24(35)16-10-18(21(29)19(28)11-16)22-32-33-25(37-22)26(2,30)12-15-5-7-17(27)8-6-15/h5-8,10-11,13,20H,3-4,9,12,30H2,1-2H3/t20-,26-/m0/s1. The first-order valence-electron chi connectivity index (χ1n) is 11.7. The van der Waals surface area contributed by atoms with Gasteiger partial charge in [0.25, 0.3) is 11.8 Å². The number of carbonyl (C=O) groups excluding carboxylic acids is 1. The summed E-state index contributed by atoms with van der Waals surface area (Å²) in [7, 11) is 0. The summed E-state index contributed by atoms with van der Waals surface area (Å²) in [4.78, 5) is 19.2. The predicted molar refractivity (Wildman–Crippen MR) is 126 cm³/mol. The lowest BCUT2D eigenvalue weighted by atomic mass is 9.94. The van der Waals surface area contributed by atoms with E-state index in [0.717, 1.165) is 11.6 Å². The average molecular weight is 512 g/mol. The van der Waals surface area contributed by atoms with Crippen molar-refractivity contribution in [3.63, 3.8) is 0 Å². The number of amides is 1. The van der Waals surface area contributed by atoms with Crippen LogP contribution in [0.2, 0.25) is 0 Å². The van der Waals surface area contributed by atoms with E-state index < -0.39 is 29.1 Å². The molecule has 1 amide bonds. The molecule has 1 aliphatic rings. The van der Waals surface area contributed by atoms with Gasteiger partial charge in [-0.05, 0) is 62.9 Å². The van der Waals surface area contributed by atoms with E-state index in [1.54, 1.807) is 26.0 Å². The van der Waals surface area contributed by atoms with Gasteiger partial charge < -0.3 is 19.5 Å². The maximum atomic E-state index is 14.8. The maximum Gasteiger partial charge on any atom is 0.254 e.